The van der Waals surface area contributed by atoms with Crippen molar-refractivity contribution >= 4 is 46.0 Å². The van der Waals surface area contributed by atoms with Crippen molar-refractivity contribution in [1.29, 1.82) is 0 Å². The fourth-order valence-corrected chi connectivity index (χ4v) is 4.44. The van der Waals surface area contributed by atoms with Gasteiger partial charge < -0.3 is 20.4 Å². The molecule has 3 atom stereocenters. The molecule has 8 heteroatoms. The fraction of sp³-hybridized carbons (Fsp3) is 0.400. The summed E-state index contributed by atoms with van der Waals surface area (Å²) in [5.74, 6) is -1.97. The van der Waals surface area contributed by atoms with Crippen LogP contribution in [0.15, 0.2) is 17.8 Å². The minimum Gasteiger partial charge on any atom is -0.477 e. The van der Waals surface area contributed by atoms with E-state index in [1.807, 2.05) is 12.1 Å². The Morgan fingerprint density at radius 1 is 1.52 bits per heavy atom. The Hall–Kier alpha value is -1.77. The van der Waals surface area contributed by atoms with Gasteiger partial charge in [-0.2, -0.15) is 0 Å². The van der Waals surface area contributed by atoms with Crippen LogP contribution in [0, 0.1) is 5.92 Å². The lowest BCUT2D eigenvalue weighted by atomic mass is 9.83. The van der Waals surface area contributed by atoms with Crippen molar-refractivity contribution in [3.8, 4) is 0 Å². The number of nitrogens with one attached hydrogen (secondary N) is 1. The molecule has 2 aliphatic rings. The number of carbonyl (C=O) groups excluding carboxylic acids is 1. The first kappa shape index (κ1) is 16.1. The molecule has 0 spiro atoms. The van der Waals surface area contributed by atoms with Crippen molar-refractivity contribution in [2.24, 2.45) is 5.92 Å². The molecule has 1 amide bonds. The summed E-state index contributed by atoms with van der Waals surface area (Å²) in [6.07, 6.45) is -0.344. The van der Waals surface area contributed by atoms with E-state index in [1.165, 1.54) is 16.2 Å². The van der Waals surface area contributed by atoms with E-state index in [2.05, 4.69) is 5.32 Å². The molecule has 1 fully saturated rings. The molecule has 122 valence electrons. The van der Waals surface area contributed by atoms with Crippen LogP contribution >= 0.6 is 23.6 Å². The van der Waals surface area contributed by atoms with Gasteiger partial charge >= 0.3 is 5.97 Å². The van der Waals surface area contributed by atoms with Gasteiger partial charge in [-0.25, -0.2) is 4.79 Å². The summed E-state index contributed by atoms with van der Waals surface area (Å²) in [6, 6.07) is 3.40. The molecule has 3 rings (SSSR count). The van der Waals surface area contributed by atoms with Gasteiger partial charge in [-0.3, -0.25) is 4.79 Å². The molecule has 1 saturated heterocycles. The number of aliphatic carboxylic acids is 1. The standard InChI is InChI=1S/C15H16N2O4S2/c1-6(18)11-8-5-7(12(15(20)21)17(8)14(11)19)9-3-4-10(23-9)13(22)16-2/h3-4,6,8,11,18H,5H2,1-2H3,(H,16,22)(H,20,21). The smallest absolute Gasteiger partial charge is 0.352 e. The average Bonchev–Trinajstić information content (AvgIpc) is 3.08. The quantitative estimate of drug-likeness (QED) is 0.554. The maximum atomic E-state index is 12.2. The van der Waals surface area contributed by atoms with Gasteiger partial charge in [-0.1, -0.05) is 12.2 Å². The predicted octanol–water partition coefficient (Wildman–Crippen LogP) is 1.05. The molecular weight excluding hydrogens is 336 g/mol. The molecule has 3 unspecified atom stereocenters. The van der Waals surface area contributed by atoms with Gasteiger partial charge in [0.2, 0.25) is 5.91 Å². The third-order valence-electron chi connectivity index (χ3n) is 4.29. The van der Waals surface area contributed by atoms with Gasteiger partial charge in [0.1, 0.15) is 10.7 Å². The van der Waals surface area contributed by atoms with Crippen LogP contribution in [-0.2, 0) is 9.59 Å². The number of aliphatic hydroxyl groups excluding tert-OH is 1. The van der Waals surface area contributed by atoms with Crippen LogP contribution in [0.3, 0.4) is 0 Å². The molecule has 0 aliphatic carbocycles. The molecule has 1 aromatic heterocycles. The van der Waals surface area contributed by atoms with Gasteiger partial charge in [0.05, 0.1) is 22.9 Å². The van der Waals surface area contributed by atoms with Crippen molar-refractivity contribution in [3.63, 3.8) is 0 Å². The molecule has 1 aromatic rings. The van der Waals surface area contributed by atoms with E-state index in [9.17, 15) is 19.8 Å². The van der Waals surface area contributed by atoms with Crippen molar-refractivity contribution in [3.05, 3.63) is 27.6 Å². The molecule has 0 aromatic carbocycles. The number of rotatable bonds is 4. The van der Waals surface area contributed by atoms with Crippen LogP contribution in [0.5, 0.6) is 0 Å². The Bertz CT molecular complexity index is 738. The first-order chi connectivity index (χ1) is 10.9. The molecule has 3 N–H and O–H groups in total. The van der Waals surface area contributed by atoms with E-state index in [0.29, 0.717) is 17.0 Å². The van der Waals surface area contributed by atoms with Crippen LogP contribution in [0.25, 0.3) is 5.57 Å². The van der Waals surface area contributed by atoms with Crippen molar-refractivity contribution in [2.75, 3.05) is 7.05 Å². The number of β-lactam (4-membered cyclic amide) rings is 1. The van der Waals surface area contributed by atoms with Gasteiger partial charge in [0.25, 0.3) is 0 Å². The van der Waals surface area contributed by atoms with Crippen molar-refractivity contribution < 1.29 is 19.8 Å². The second kappa shape index (κ2) is 5.70. The summed E-state index contributed by atoms with van der Waals surface area (Å²) in [5.41, 5.74) is 0.662. The first-order valence-corrected chi connectivity index (χ1v) is 8.39. The topological polar surface area (TPSA) is 89.9 Å². The zero-order chi connectivity index (χ0) is 16.9. The van der Waals surface area contributed by atoms with Gasteiger partial charge in [0, 0.05) is 17.5 Å². The Morgan fingerprint density at radius 2 is 2.22 bits per heavy atom. The van der Waals surface area contributed by atoms with Crippen LogP contribution in [-0.4, -0.2) is 51.2 Å². The second-order valence-corrected chi connectivity index (χ2v) is 7.11. The number of hydrogen-bond acceptors (Lipinski definition) is 5. The maximum absolute atomic E-state index is 12.2. The second-order valence-electron chi connectivity index (χ2n) is 5.62. The number of carboxylic acid groups (broad SMARTS) is 1. The van der Waals surface area contributed by atoms with Crippen molar-refractivity contribution in [1.82, 2.24) is 10.2 Å². The molecule has 23 heavy (non-hydrogen) atoms. The lowest BCUT2D eigenvalue weighted by Gasteiger charge is -2.44. The number of hydrogen-bond donors (Lipinski definition) is 3. The molecule has 2 aliphatic heterocycles. The number of carbonyl (C=O) groups is 2. The summed E-state index contributed by atoms with van der Waals surface area (Å²) in [7, 11) is 1.73. The normalized spacial score (nSPS) is 24.3. The molecule has 6 nitrogen and oxygen atoms in total. The zero-order valence-corrected chi connectivity index (χ0v) is 14.2. The number of nitrogens with zero attached hydrogens (tertiary/aromatic N) is 1. The third kappa shape index (κ3) is 2.37. The average molecular weight is 352 g/mol. The predicted molar refractivity (Wildman–Crippen MR) is 90.1 cm³/mol. The van der Waals surface area contributed by atoms with E-state index in [-0.39, 0.29) is 17.6 Å². The summed E-state index contributed by atoms with van der Waals surface area (Å²) in [6.45, 7) is 1.56. The van der Waals surface area contributed by atoms with E-state index in [0.717, 1.165) is 9.75 Å². The third-order valence-corrected chi connectivity index (χ3v) is 6.00. The van der Waals surface area contributed by atoms with E-state index in [4.69, 9.17) is 12.2 Å². The first-order valence-electron chi connectivity index (χ1n) is 7.16. The number of thiocarbonyl (C=S) groups is 1. The number of carboxylic acids is 1. The molecule has 0 bridgehead atoms. The highest BCUT2D eigenvalue weighted by Gasteiger charge is 2.56. The number of amides is 1. The van der Waals surface area contributed by atoms with Crippen LogP contribution < -0.4 is 5.32 Å². The number of aliphatic hydroxyl groups is 1. The highest BCUT2D eigenvalue weighted by atomic mass is 32.1. The Morgan fingerprint density at radius 3 is 2.78 bits per heavy atom. The summed E-state index contributed by atoms with van der Waals surface area (Å²) in [4.78, 5) is 27.4. The monoisotopic (exact) mass is 352 g/mol. The Labute approximate surface area is 142 Å². The van der Waals surface area contributed by atoms with Crippen molar-refractivity contribution in [2.45, 2.75) is 25.5 Å². The minimum atomic E-state index is -1.12. The van der Waals surface area contributed by atoms with E-state index >= 15 is 0 Å². The largest absolute Gasteiger partial charge is 0.477 e. The Kier molecular flexibility index (Phi) is 3.99. The highest BCUT2D eigenvalue weighted by Crippen LogP contribution is 2.48. The summed E-state index contributed by atoms with van der Waals surface area (Å²) >= 11 is 6.59. The molecule has 3 heterocycles. The van der Waals surface area contributed by atoms with Crippen LogP contribution in [0.1, 0.15) is 23.1 Å². The van der Waals surface area contributed by atoms with Crippen LogP contribution in [0.4, 0.5) is 0 Å². The summed E-state index contributed by atoms with van der Waals surface area (Å²) < 4.78 is 0. The lowest BCUT2D eigenvalue weighted by molar-refractivity contribution is -0.161. The molecule has 0 radical (unpaired) electrons. The highest BCUT2D eigenvalue weighted by molar-refractivity contribution is 7.81. The summed E-state index contributed by atoms with van der Waals surface area (Å²) in [5, 5.41) is 22.2. The minimum absolute atomic E-state index is 0.0284. The van der Waals surface area contributed by atoms with E-state index < -0.39 is 18.0 Å². The zero-order valence-electron chi connectivity index (χ0n) is 12.6. The molecule has 0 saturated carbocycles. The Balaban J connectivity index is 1.98. The molecular formula is C15H16N2O4S2. The SMILES string of the molecule is CNC(=S)c1ccc(C2=C(C(=O)O)N3C(=O)C(C(C)O)C3C2)s1. The maximum Gasteiger partial charge on any atom is 0.352 e. The number of thiophene rings is 1. The van der Waals surface area contributed by atoms with Gasteiger partial charge in [-0.15, -0.1) is 11.3 Å². The fourth-order valence-electron chi connectivity index (χ4n) is 3.24. The van der Waals surface area contributed by atoms with Crippen LogP contribution in [0.2, 0.25) is 0 Å². The van der Waals surface area contributed by atoms with Gasteiger partial charge in [-0.05, 0) is 25.5 Å². The number of fused-ring (bicyclic) bond motifs is 1. The van der Waals surface area contributed by atoms with Gasteiger partial charge in [0.15, 0.2) is 0 Å². The lowest BCUT2D eigenvalue weighted by Crippen LogP contribution is -2.61. The van der Waals surface area contributed by atoms with E-state index in [1.54, 1.807) is 14.0 Å².